The number of amides is 1. The van der Waals surface area contributed by atoms with Crippen LogP contribution in [-0.4, -0.2) is 33.2 Å². The Labute approximate surface area is 120 Å². The van der Waals surface area contributed by atoms with E-state index in [1.165, 1.54) is 0 Å². The molecule has 0 unspecified atom stereocenters. The van der Waals surface area contributed by atoms with Gasteiger partial charge in [-0.3, -0.25) is 8.98 Å². The summed E-state index contributed by atoms with van der Waals surface area (Å²) in [7, 11) is -3.42. The lowest BCUT2D eigenvalue weighted by atomic mass is 10.2. The van der Waals surface area contributed by atoms with Crippen molar-refractivity contribution in [1.29, 1.82) is 0 Å². The van der Waals surface area contributed by atoms with E-state index < -0.39 is 10.1 Å². The van der Waals surface area contributed by atoms with Crippen LogP contribution in [0.4, 0.5) is 0 Å². The van der Waals surface area contributed by atoms with Crippen molar-refractivity contribution in [3.05, 3.63) is 0 Å². The number of rotatable bonds is 6. The standard InChI is InChI=1S/C14H19NO4S/c1-20(17,18)19-12-8-6-4-2-3-5-7-9-14(16)15-13-10-11-13/h13H,4-5,7,9-12H2,1H3,(H,15,16). The lowest BCUT2D eigenvalue weighted by molar-refractivity contribution is -0.121. The van der Waals surface area contributed by atoms with E-state index in [9.17, 15) is 13.2 Å². The second-order valence-electron chi connectivity index (χ2n) is 4.55. The second kappa shape index (κ2) is 8.63. The molecule has 0 radical (unpaired) electrons. The third-order valence-corrected chi connectivity index (χ3v) is 2.97. The Kier molecular flexibility index (Phi) is 7.14. The zero-order chi connectivity index (χ0) is 14.8. The second-order valence-corrected chi connectivity index (χ2v) is 6.19. The van der Waals surface area contributed by atoms with Crippen molar-refractivity contribution < 1.29 is 17.4 Å². The maximum absolute atomic E-state index is 11.3. The fraction of sp³-hybridized carbons (Fsp3) is 0.643. The van der Waals surface area contributed by atoms with E-state index in [1.807, 2.05) is 0 Å². The number of unbranched alkanes of at least 4 members (excludes halogenated alkanes) is 1. The molecule has 1 saturated carbocycles. The molecule has 0 heterocycles. The molecule has 0 saturated heterocycles. The van der Waals surface area contributed by atoms with E-state index in [4.69, 9.17) is 0 Å². The molecule has 0 atom stereocenters. The predicted octanol–water partition coefficient (Wildman–Crippen LogP) is 0.808. The van der Waals surface area contributed by atoms with Crippen molar-refractivity contribution in [1.82, 2.24) is 5.32 Å². The predicted molar refractivity (Wildman–Crippen MR) is 76.0 cm³/mol. The summed E-state index contributed by atoms with van der Waals surface area (Å²) in [5.41, 5.74) is 0. The largest absolute Gasteiger partial charge is 0.353 e. The molecule has 0 bridgehead atoms. The topological polar surface area (TPSA) is 72.5 Å². The molecule has 0 aromatic carbocycles. The molecule has 20 heavy (non-hydrogen) atoms. The fourth-order valence-corrected chi connectivity index (χ4v) is 1.58. The molecule has 1 amide bonds. The van der Waals surface area contributed by atoms with Gasteiger partial charge in [-0.2, -0.15) is 8.42 Å². The van der Waals surface area contributed by atoms with Crippen LogP contribution in [0.1, 0.15) is 38.5 Å². The van der Waals surface area contributed by atoms with Crippen molar-refractivity contribution in [2.24, 2.45) is 0 Å². The maximum atomic E-state index is 11.3. The maximum Gasteiger partial charge on any atom is 0.265 e. The van der Waals surface area contributed by atoms with Crippen molar-refractivity contribution in [2.45, 2.75) is 44.6 Å². The van der Waals surface area contributed by atoms with Crippen LogP contribution in [0.15, 0.2) is 0 Å². The highest BCUT2D eigenvalue weighted by atomic mass is 32.2. The van der Waals surface area contributed by atoms with E-state index in [0.717, 1.165) is 25.5 Å². The molecule has 0 aromatic heterocycles. The Balaban J connectivity index is 1.99. The van der Waals surface area contributed by atoms with E-state index in [-0.39, 0.29) is 12.5 Å². The van der Waals surface area contributed by atoms with Gasteiger partial charge in [-0.25, -0.2) is 0 Å². The SMILES string of the molecule is CS(=O)(=O)OCC#CCC#CCCCC(=O)NC1CC1. The van der Waals surface area contributed by atoms with E-state index in [1.54, 1.807) is 0 Å². The Morgan fingerprint density at radius 3 is 2.60 bits per heavy atom. The smallest absolute Gasteiger partial charge is 0.265 e. The van der Waals surface area contributed by atoms with Crippen LogP contribution in [0, 0.1) is 23.7 Å². The van der Waals surface area contributed by atoms with Crippen molar-refractivity contribution in [3.63, 3.8) is 0 Å². The lowest BCUT2D eigenvalue weighted by Crippen LogP contribution is -2.24. The summed E-state index contributed by atoms with van der Waals surface area (Å²) in [5, 5.41) is 2.92. The summed E-state index contributed by atoms with van der Waals surface area (Å²) in [6, 6.07) is 0.415. The molecule has 0 aromatic rings. The first-order valence-corrected chi connectivity index (χ1v) is 8.34. The van der Waals surface area contributed by atoms with E-state index in [0.29, 0.717) is 25.3 Å². The Hall–Kier alpha value is -1.50. The quantitative estimate of drug-likeness (QED) is 0.447. The first kappa shape index (κ1) is 16.6. The summed E-state index contributed by atoms with van der Waals surface area (Å²) in [6.45, 7) is -0.137. The van der Waals surface area contributed by atoms with Gasteiger partial charge in [-0.1, -0.05) is 17.8 Å². The summed E-state index contributed by atoms with van der Waals surface area (Å²) in [4.78, 5) is 11.3. The molecule has 110 valence electrons. The normalized spacial score (nSPS) is 13.7. The van der Waals surface area contributed by atoms with Crippen LogP contribution in [0.3, 0.4) is 0 Å². The average Bonchev–Trinajstić information content (AvgIpc) is 3.14. The first-order chi connectivity index (χ1) is 9.47. The molecule has 6 heteroatoms. The van der Waals surface area contributed by atoms with Gasteiger partial charge in [0, 0.05) is 18.9 Å². The first-order valence-electron chi connectivity index (χ1n) is 6.52. The molecule has 5 nitrogen and oxygen atoms in total. The Bertz CT molecular complexity index is 541. The monoisotopic (exact) mass is 297 g/mol. The van der Waals surface area contributed by atoms with Gasteiger partial charge in [0.2, 0.25) is 5.91 Å². The van der Waals surface area contributed by atoms with Crippen molar-refractivity contribution >= 4 is 16.0 Å². The van der Waals surface area contributed by atoms with Crippen LogP contribution < -0.4 is 5.32 Å². The van der Waals surface area contributed by atoms with Crippen molar-refractivity contribution in [3.8, 4) is 23.7 Å². The molecular formula is C14H19NO4S. The number of nitrogens with one attached hydrogen (secondary N) is 1. The molecule has 0 aliphatic heterocycles. The molecule has 1 fully saturated rings. The molecular weight excluding hydrogens is 278 g/mol. The third kappa shape index (κ3) is 10.4. The van der Waals surface area contributed by atoms with Crippen LogP contribution in [0.25, 0.3) is 0 Å². The summed E-state index contributed by atoms with van der Waals surface area (Å²) in [5.74, 6) is 11.1. The average molecular weight is 297 g/mol. The van der Waals surface area contributed by atoms with Crippen LogP contribution >= 0.6 is 0 Å². The minimum Gasteiger partial charge on any atom is -0.353 e. The summed E-state index contributed by atoms with van der Waals surface area (Å²) < 4.78 is 25.7. The zero-order valence-electron chi connectivity index (χ0n) is 11.6. The van der Waals surface area contributed by atoms with E-state index >= 15 is 0 Å². The molecule has 1 aliphatic carbocycles. The molecule has 1 rings (SSSR count). The number of hydrogen-bond donors (Lipinski definition) is 1. The van der Waals surface area contributed by atoms with E-state index in [2.05, 4.69) is 33.2 Å². The highest BCUT2D eigenvalue weighted by molar-refractivity contribution is 7.85. The third-order valence-electron chi connectivity index (χ3n) is 2.42. The number of carbonyl (C=O) groups excluding carboxylic acids is 1. The van der Waals surface area contributed by atoms with Gasteiger partial charge >= 0.3 is 0 Å². The molecule has 1 aliphatic rings. The number of carbonyl (C=O) groups is 1. The summed E-state index contributed by atoms with van der Waals surface area (Å²) >= 11 is 0. The van der Waals surface area contributed by atoms with Crippen LogP contribution in [0.5, 0.6) is 0 Å². The van der Waals surface area contributed by atoms with Gasteiger partial charge in [0.05, 0.1) is 12.7 Å². The van der Waals surface area contributed by atoms with Crippen LogP contribution in [-0.2, 0) is 19.1 Å². The van der Waals surface area contributed by atoms with Crippen molar-refractivity contribution in [2.75, 3.05) is 12.9 Å². The van der Waals surface area contributed by atoms with Gasteiger partial charge in [0.1, 0.15) is 6.61 Å². The Morgan fingerprint density at radius 1 is 1.25 bits per heavy atom. The van der Waals surface area contributed by atoms with Gasteiger partial charge in [0.15, 0.2) is 0 Å². The zero-order valence-corrected chi connectivity index (χ0v) is 12.4. The molecule has 0 spiro atoms. The van der Waals surface area contributed by atoms with Gasteiger partial charge in [0.25, 0.3) is 10.1 Å². The minimum atomic E-state index is -3.42. The van der Waals surface area contributed by atoms with Gasteiger partial charge in [-0.15, -0.1) is 5.92 Å². The molecule has 1 N–H and O–H groups in total. The van der Waals surface area contributed by atoms with Crippen LogP contribution in [0.2, 0.25) is 0 Å². The number of hydrogen-bond acceptors (Lipinski definition) is 4. The highest BCUT2D eigenvalue weighted by Gasteiger charge is 2.22. The minimum absolute atomic E-state index is 0.104. The lowest BCUT2D eigenvalue weighted by Gasteiger charge is -2.00. The van der Waals surface area contributed by atoms with Gasteiger partial charge in [-0.05, 0) is 19.3 Å². The Morgan fingerprint density at radius 2 is 1.95 bits per heavy atom. The highest BCUT2D eigenvalue weighted by Crippen LogP contribution is 2.18. The fourth-order valence-electron chi connectivity index (χ4n) is 1.31. The summed E-state index contributed by atoms with van der Waals surface area (Å²) in [6.07, 6.45) is 5.49. The van der Waals surface area contributed by atoms with Gasteiger partial charge < -0.3 is 5.32 Å².